The van der Waals surface area contributed by atoms with E-state index in [4.69, 9.17) is 28.4 Å². The summed E-state index contributed by atoms with van der Waals surface area (Å²) in [6.45, 7) is 0.296. The minimum Gasteiger partial charge on any atom is -0.493 e. The number of thiocarbonyl (C=S) groups is 1. The van der Waals surface area contributed by atoms with Gasteiger partial charge in [0.05, 0.1) is 18.0 Å². The molecule has 0 bridgehead atoms. The van der Waals surface area contributed by atoms with Crippen molar-refractivity contribution in [1.82, 2.24) is 0 Å². The van der Waals surface area contributed by atoms with E-state index >= 15 is 0 Å². The highest BCUT2D eigenvalue weighted by Gasteiger charge is 1.98. The van der Waals surface area contributed by atoms with Gasteiger partial charge in [-0.2, -0.15) is 0 Å². The summed E-state index contributed by atoms with van der Waals surface area (Å²) in [5.74, 6) is 0.332. The molecule has 0 saturated carbocycles. The van der Waals surface area contributed by atoms with E-state index in [1.807, 2.05) is 24.3 Å². The summed E-state index contributed by atoms with van der Waals surface area (Å²) < 4.78 is 5.31. The molecule has 0 aromatic heterocycles. The van der Waals surface area contributed by atoms with Gasteiger partial charge < -0.3 is 16.2 Å². The van der Waals surface area contributed by atoms with Gasteiger partial charge in [0.15, 0.2) is 0 Å². The lowest BCUT2D eigenvalue weighted by Crippen LogP contribution is -2.14. The van der Waals surface area contributed by atoms with Gasteiger partial charge in [0.1, 0.15) is 5.75 Å². The molecule has 0 spiro atoms. The first kappa shape index (κ1) is 12.4. The standard InChI is InChI=1S/C11H14N2O2S/c12-10(14)5-6-15-9-3-1-8(2-4-9)7-11(13)16/h1-4H,5-7H2,(H2,12,14)(H2,13,16). The Balaban J connectivity index is 2.45. The average Bonchev–Trinajstić information content (AvgIpc) is 2.19. The van der Waals surface area contributed by atoms with Crippen LogP contribution in [-0.2, 0) is 11.2 Å². The zero-order chi connectivity index (χ0) is 12.0. The van der Waals surface area contributed by atoms with E-state index in [9.17, 15) is 4.79 Å². The molecule has 0 aliphatic rings. The van der Waals surface area contributed by atoms with Crippen molar-refractivity contribution in [3.8, 4) is 5.75 Å². The molecule has 4 N–H and O–H groups in total. The van der Waals surface area contributed by atoms with E-state index in [1.165, 1.54) is 0 Å². The predicted octanol–water partition coefficient (Wildman–Crippen LogP) is 0.769. The number of ether oxygens (including phenoxy) is 1. The van der Waals surface area contributed by atoms with Gasteiger partial charge in [-0.3, -0.25) is 4.79 Å². The lowest BCUT2D eigenvalue weighted by atomic mass is 10.1. The van der Waals surface area contributed by atoms with Crippen LogP contribution in [0.4, 0.5) is 0 Å². The molecular formula is C11H14N2O2S. The minimum absolute atomic E-state index is 0.217. The summed E-state index contributed by atoms with van der Waals surface area (Å²) in [5.41, 5.74) is 11.5. The number of benzene rings is 1. The SMILES string of the molecule is NC(=O)CCOc1ccc(CC(N)=S)cc1. The van der Waals surface area contributed by atoms with Crippen LogP contribution >= 0.6 is 12.2 Å². The van der Waals surface area contributed by atoms with Gasteiger partial charge in [-0.25, -0.2) is 0 Å². The lowest BCUT2D eigenvalue weighted by molar-refractivity contribution is -0.118. The molecule has 1 aromatic carbocycles. The Morgan fingerprint density at radius 3 is 2.38 bits per heavy atom. The number of primary amides is 1. The average molecular weight is 238 g/mol. The fourth-order valence-electron chi connectivity index (χ4n) is 1.17. The van der Waals surface area contributed by atoms with Crippen LogP contribution in [0.5, 0.6) is 5.75 Å². The van der Waals surface area contributed by atoms with Crippen molar-refractivity contribution in [3.63, 3.8) is 0 Å². The van der Waals surface area contributed by atoms with Crippen LogP contribution in [0.2, 0.25) is 0 Å². The normalized spacial score (nSPS) is 9.75. The van der Waals surface area contributed by atoms with Gasteiger partial charge in [-0.1, -0.05) is 24.4 Å². The first-order valence-corrected chi connectivity index (χ1v) is 5.27. The van der Waals surface area contributed by atoms with Crippen LogP contribution in [0, 0.1) is 0 Å². The number of carbonyl (C=O) groups excluding carboxylic acids is 1. The maximum atomic E-state index is 10.5. The van der Waals surface area contributed by atoms with Crippen LogP contribution in [-0.4, -0.2) is 17.5 Å². The number of hydrogen-bond donors (Lipinski definition) is 2. The number of nitrogens with two attached hydrogens (primary N) is 2. The molecule has 16 heavy (non-hydrogen) atoms. The fraction of sp³-hybridized carbons (Fsp3) is 0.273. The number of carbonyl (C=O) groups is 1. The third-order valence-electron chi connectivity index (χ3n) is 1.92. The number of hydrogen-bond acceptors (Lipinski definition) is 3. The third-order valence-corrected chi connectivity index (χ3v) is 2.06. The van der Waals surface area contributed by atoms with Crippen molar-refractivity contribution in [2.24, 2.45) is 11.5 Å². The summed E-state index contributed by atoms with van der Waals surface area (Å²) in [4.78, 5) is 10.9. The van der Waals surface area contributed by atoms with Gasteiger partial charge in [0, 0.05) is 6.42 Å². The zero-order valence-corrected chi connectivity index (χ0v) is 9.63. The Hall–Kier alpha value is -1.62. The molecular weight excluding hydrogens is 224 g/mol. The van der Waals surface area contributed by atoms with E-state index in [2.05, 4.69) is 0 Å². The highest BCUT2D eigenvalue weighted by Crippen LogP contribution is 2.12. The second-order valence-corrected chi connectivity index (χ2v) is 3.88. The van der Waals surface area contributed by atoms with Gasteiger partial charge in [-0.15, -0.1) is 0 Å². The summed E-state index contributed by atoms with van der Waals surface area (Å²) in [7, 11) is 0. The van der Waals surface area contributed by atoms with Crippen LogP contribution in [0.25, 0.3) is 0 Å². The van der Waals surface area contributed by atoms with E-state index < -0.39 is 0 Å². The van der Waals surface area contributed by atoms with Crippen molar-refractivity contribution in [2.45, 2.75) is 12.8 Å². The number of rotatable bonds is 6. The van der Waals surface area contributed by atoms with E-state index in [1.54, 1.807) is 0 Å². The smallest absolute Gasteiger partial charge is 0.220 e. The van der Waals surface area contributed by atoms with E-state index in [0.717, 1.165) is 5.56 Å². The fourth-order valence-corrected chi connectivity index (χ4v) is 1.34. The molecule has 0 heterocycles. The minimum atomic E-state index is -0.370. The Morgan fingerprint density at radius 1 is 1.25 bits per heavy atom. The van der Waals surface area contributed by atoms with E-state index in [-0.39, 0.29) is 12.3 Å². The van der Waals surface area contributed by atoms with Gasteiger partial charge in [0.2, 0.25) is 5.91 Å². The van der Waals surface area contributed by atoms with Gasteiger partial charge in [0.25, 0.3) is 0 Å². The predicted molar refractivity (Wildman–Crippen MR) is 66.2 cm³/mol. The largest absolute Gasteiger partial charge is 0.493 e. The molecule has 86 valence electrons. The molecule has 0 fully saturated rings. The maximum absolute atomic E-state index is 10.5. The third kappa shape index (κ3) is 4.75. The summed E-state index contributed by atoms with van der Waals surface area (Å²) in [6.07, 6.45) is 0.797. The van der Waals surface area contributed by atoms with Crippen molar-refractivity contribution in [2.75, 3.05) is 6.61 Å². The quantitative estimate of drug-likeness (QED) is 0.717. The Labute approximate surface area is 99.6 Å². The van der Waals surface area contributed by atoms with Crippen molar-refractivity contribution in [3.05, 3.63) is 29.8 Å². The van der Waals surface area contributed by atoms with Crippen LogP contribution in [0.15, 0.2) is 24.3 Å². The van der Waals surface area contributed by atoms with Crippen LogP contribution in [0.3, 0.4) is 0 Å². The Morgan fingerprint density at radius 2 is 1.88 bits per heavy atom. The summed E-state index contributed by atoms with van der Waals surface area (Å²) in [5, 5.41) is 0. The maximum Gasteiger partial charge on any atom is 0.220 e. The first-order valence-electron chi connectivity index (χ1n) is 4.86. The van der Waals surface area contributed by atoms with Gasteiger partial charge >= 0.3 is 0 Å². The molecule has 0 aliphatic carbocycles. The van der Waals surface area contributed by atoms with Crippen LogP contribution in [0.1, 0.15) is 12.0 Å². The molecule has 1 aromatic rings. The van der Waals surface area contributed by atoms with E-state index in [0.29, 0.717) is 23.8 Å². The lowest BCUT2D eigenvalue weighted by Gasteiger charge is -2.05. The second-order valence-electron chi connectivity index (χ2n) is 3.35. The Kier molecular flexibility index (Phi) is 4.72. The van der Waals surface area contributed by atoms with Crippen molar-refractivity contribution >= 4 is 23.1 Å². The highest BCUT2D eigenvalue weighted by molar-refractivity contribution is 7.80. The molecule has 5 heteroatoms. The molecule has 0 atom stereocenters. The van der Waals surface area contributed by atoms with Crippen LogP contribution < -0.4 is 16.2 Å². The molecule has 4 nitrogen and oxygen atoms in total. The summed E-state index contributed by atoms with van der Waals surface area (Å²) in [6, 6.07) is 7.40. The molecule has 0 saturated heterocycles. The monoisotopic (exact) mass is 238 g/mol. The first-order chi connectivity index (χ1) is 7.58. The molecule has 1 amide bonds. The number of amides is 1. The molecule has 1 rings (SSSR count). The Bertz CT molecular complexity index is 376. The summed E-state index contributed by atoms with van der Waals surface area (Å²) >= 11 is 4.80. The zero-order valence-electron chi connectivity index (χ0n) is 8.81. The van der Waals surface area contributed by atoms with Gasteiger partial charge in [-0.05, 0) is 17.7 Å². The van der Waals surface area contributed by atoms with Crippen molar-refractivity contribution < 1.29 is 9.53 Å². The highest BCUT2D eigenvalue weighted by atomic mass is 32.1. The molecule has 0 unspecified atom stereocenters. The van der Waals surface area contributed by atoms with Crippen molar-refractivity contribution in [1.29, 1.82) is 0 Å². The second kappa shape index (κ2) is 6.07. The molecule has 0 aliphatic heterocycles. The topological polar surface area (TPSA) is 78.3 Å². The molecule has 0 radical (unpaired) electrons.